The molecule has 4 heteroatoms. The second kappa shape index (κ2) is 1.71. The van der Waals surface area contributed by atoms with Crippen molar-refractivity contribution in [2.75, 3.05) is 0 Å². The van der Waals surface area contributed by atoms with E-state index in [-0.39, 0.29) is 5.54 Å². The Bertz CT molecular complexity index is 283. The van der Waals surface area contributed by atoms with Crippen molar-refractivity contribution in [1.82, 2.24) is 14.8 Å². The van der Waals surface area contributed by atoms with E-state index in [1.807, 2.05) is 4.68 Å². The molecule has 64 valence electrons. The summed E-state index contributed by atoms with van der Waals surface area (Å²) in [6.07, 6.45) is 6.91. The van der Waals surface area contributed by atoms with Gasteiger partial charge in [0, 0.05) is 12.1 Å². The summed E-state index contributed by atoms with van der Waals surface area (Å²) < 4.78 is 1.92. The number of nitrogens with zero attached hydrogens (tertiary/aromatic N) is 3. The largest absolute Gasteiger partial charge is 0.325 e. The van der Waals surface area contributed by atoms with E-state index in [0.717, 1.165) is 6.54 Å². The van der Waals surface area contributed by atoms with Gasteiger partial charge in [-0.2, -0.15) is 5.10 Å². The van der Waals surface area contributed by atoms with Crippen LogP contribution in [0.15, 0.2) is 12.7 Å². The van der Waals surface area contributed by atoms with Gasteiger partial charge in [0.15, 0.2) is 0 Å². The maximum atomic E-state index is 5.96. The van der Waals surface area contributed by atoms with Crippen LogP contribution in [0.5, 0.6) is 0 Å². The Labute approximate surface area is 70.8 Å². The first kappa shape index (κ1) is 6.60. The van der Waals surface area contributed by atoms with Gasteiger partial charge < -0.3 is 5.73 Å². The first-order chi connectivity index (χ1) is 5.70. The smallest absolute Gasteiger partial charge is 0.137 e. The van der Waals surface area contributed by atoms with Gasteiger partial charge in [-0.15, -0.1) is 0 Å². The first-order valence-electron chi connectivity index (χ1n) is 4.31. The summed E-state index contributed by atoms with van der Waals surface area (Å²) in [6.45, 7) is 1.01. The Morgan fingerprint density at radius 3 is 2.67 bits per heavy atom. The van der Waals surface area contributed by atoms with E-state index in [2.05, 4.69) is 10.1 Å². The Hall–Kier alpha value is -0.900. The highest BCUT2D eigenvalue weighted by atomic mass is 15.3. The number of rotatable bonds is 2. The minimum absolute atomic E-state index is 0.209. The molecule has 4 nitrogen and oxygen atoms in total. The van der Waals surface area contributed by atoms with Gasteiger partial charge in [0.25, 0.3) is 0 Å². The lowest BCUT2D eigenvalue weighted by atomic mass is 9.40. The fourth-order valence-electron chi connectivity index (χ4n) is 2.91. The number of nitrogens with two attached hydrogens (primary N) is 1. The van der Waals surface area contributed by atoms with Crippen LogP contribution in [0, 0.1) is 5.41 Å². The van der Waals surface area contributed by atoms with E-state index >= 15 is 0 Å². The summed E-state index contributed by atoms with van der Waals surface area (Å²) in [5, 5.41) is 4.10. The quantitative estimate of drug-likeness (QED) is 0.677. The molecule has 1 heterocycles. The monoisotopic (exact) mass is 164 g/mol. The van der Waals surface area contributed by atoms with Gasteiger partial charge in [-0.1, -0.05) is 0 Å². The second-order valence-corrected chi connectivity index (χ2v) is 4.49. The molecule has 0 aromatic carbocycles. The van der Waals surface area contributed by atoms with Gasteiger partial charge in [-0.25, -0.2) is 4.98 Å². The van der Waals surface area contributed by atoms with E-state index in [0.29, 0.717) is 5.41 Å². The van der Waals surface area contributed by atoms with E-state index in [9.17, 15) is 0 Å². The predicted octanol–water partition coefficient (Wildman–Crippen LogP) is 0.159. The lowest BCUT2D eigenvalue weighted by Gasteiger charge is -2.69. The zero-order chi connectivity index (χ0) is 8.23. The molecule has 0 atom stereocenters. The van der Waals surface area contributed by atoms with E-state index in [1.165, 1.54) is 19.3 Å². The summed E-state index contributed by atoms with van der Waals surface area (Å²) in [6, 6.07) is 0. The maximum Gasteiger partial charge on any atom is 0.137 e. The average Bonchev–Trinajstić information content (AvgIpc) is 2.33. The van der Waals surface area contributed by atoms with Crippen molar-refractivity contribution in [1.29, 1.82) is 0 Å². The molecule has 3 saturated carbocycles. The van der Waals surface area contributed by atoms with Crippen LogP contribution in [-0.4, -0.2) is 20.3 Å². The summed E-state index contributed by atoms with van der Waals surface area (Å²) in [7, 11) is 0. The molecule has 0 spiro atoms. The molecular weight excluding hydrogens is 152 g/mol. The second-order valence-electron chi connectivity index (χ2n) is 4.49. The molecule has 1 aromatic rings. The van der Waals surface area contributed by atoms with E-state index in [4.69, 9.17) is 5.73 Å². The van der Waals surface area contributed by atoms with E-state index < -0.39 is 0 Å². The molecule has 0 radical (unpaired) electrons. The molecule has 3 aliphatic carbocycles. The maximum absolute atomic E-state index is 5.96. The van der Waals surface area contributed by atoms with Crippen LogP contribution in [-0.2, 0) is 6.54 Å². The highest BCUT2D eigenvalue weighted by Crippen LogP contribution is 2.66. The fourth-order valence-corrected chi connectivity index (χ4v) is 2.91. The van der Waals surface area contributed by atoms with Crippen LogP contribution in [0.3, 0.4) is 0 Å². The summed E-state index contributed by atoms with van der Waals surface area (Å²) >= 11 is 0. The fraction of sp³-hybridized carbons (Fsp3) is 0.750. The topological polar surface area (TPSA) is 56.7 Å². The molecule has 3 fully saturated rings. The number of hydrogen-bond donors (Lipinski definition) is 1. The average molecular weight is 164 g/mol. The van der Waals surface area contributed by atoms with Crippen LogP contribution in [0.4, 0.5) is 0 Å². The Kier molecular flexibility index (Phi) is 0.942. The zero-order valence-corrected chi connectivity index (χ0v) is 6.90. The molecule has 2 bridgehead atoms. The van der Waals surface area contributed by atoms with Crippen LogP contribution in [0.2, 0.25) is 0 Å². The van der Waals surface area contributed by atoms with Crippen molar-refractivity contribution in [2.24, 2.45) is 11.1 Å². The van der Waals surface area contributed by atoms with Crippen molar-refractivity contribution in [3.8, 4) is 0 Å². The van der Waals surface area contributed by atoms with Gasteiger partial charge in [0.05, 0.1) is 0 Å². The zero-order valence-electron chi connectivity index (χ0n) is 6.90. The van der Waals surface area contributed by atoms with Gasteiger partial charge >= 0.3 is 0 Å². The molecule has 0 saturated heterocycles. The predicted molar refractivity (Wildman–Crippen MR) is 43.2 cm³/mol. The number of aromatic nitrogens is 3. The molecule has 0 amide bonds. The van der Waals surface area contributed by atoms with Crippen LogP contribution in [0.1, 0.15) is 19.3 Å². The van der Waals surface area contributed by atoms with Crippen molar-refractivity contribution >= 4 is 0 Å². The molecular formula is C8H12N4. The summed E-state index contributed by atoms with van der Waals surface area (Å²) in [5.74, 6) is 0. The minimum Gasteiger partial charge on any atom is -0.325 e. The third kappa shape index (κ3) is 0.705. The first-order valence-corrected chi connectivity index (χ1v) is 4.31. The van der Waals surface area contributed by atoms with Gasteiger partial charge in [0.1, 0.15) is 12.7 Å². The lowest BCUT2D eigenvalue weighted by Crippen LogP contribution is -2.73. The minimum atomic E-state index is 0.209. The Morgan fingerprint density at radius 2 is 2.17 bits per heavy atom. The van der Waals surface area contributed by atoms with Crippen LogP contribution < -0.4 is 5.73 Å². The van der Waals surface area contributed by atoms with Crippen molar-refractivity contribution in [2.45, 2.75) is 31.3 Å². The molecule has 3 aliphatic rings. The third-order valence-electron chi connectivity index (χ3n) is 3.15. The van der Waals surface area contributed by atoms with Crippen molar-refractivity contribution < 1.29 is 0 Å². The van der Waals surface area contributed by atoms with Crippen molar-refractivity contribution in [3.63, 3.8) is 0 Å². The van der Waals surface area contributed by atoms with Crippen molar-refractivity contribution in [3.05, 3.63) is 12.7 Å². The SMILES string of the molecule is NC12CC(Cn3cncn3)(C1)C2. The normalized spacial score (nSPS) is 43.4. The number of hydrogen-bond acceptors (Lipinski definition) is 3. The van der Waals surface area contributed by atoms with Gasteiger partial charge in [0.2, 0.25) is 0 Å². The molecule has 1 aromatic heterocycles. The molecule has 0 aliphatic heterocycles. The Morgan fingerprint density at radius 1 is 1.42 bits per heavy atom. The van der Waals surface area contributed by atoms with Gasteiger partial charge in [-0.05, 0) is 24.7 Å². The summed E-state index contributed by atoms with van der Waals surface area (Å²) in [4.78, 5) is 3.92. The van der Waals surface area contributed by atoms with Crippen LogP contribution >= 0.6 is 0 Å². The van der Waals surface area contributed by atoms with E-state index in [1.54, 1.807) is 12.7 Å². The third-order valence-corrected chi connectivity index (χ3v) is 3.15. The van der Waals surface area contributed by atoms with Gasteiger partial charge in [-0.3, -0.25) is 4.68 Å². The molecule has 0 unspecified atom stereocenters. The lowest BCUT2D eigenvalue weighted by molar-refractivity contribution is -0.143. The standard InChI is InChI=1S/C8H12N4/c9-8-1-7(2-8,3-8)4-12-6-10-5-11-12/h5-6H,1-4,9H2. The highest BCUT2D eigenvalue weighted by molar-refractivity contribution is 5.20. The Balaban J connectivity index is 1.72. The van der Waals surface area contributed by atoms with Crippen LogP contribution in [0.25, 0.3) is 0 Å². The molecule has 4 rings (SSSR count). The highest BCUT2D eigenvalue weighted by Gasteiger charge is 2.65. The molecule has 12 heavy (non-hydrogen) atoms. The molecule has 2 N–H and O–H groups in total. The summed E-state index contributed by atoms with van der Waals surface area (Å²) in [5.41, 5.74) is 6.65.